The van der Waals surface area contributed by atoms with Gasteiger partial charge in [0.05, 0.1) is 24.0 Å². The maximum atomic E-state index is 13.1. The largest absolute Gasteiger partial charge is 0.416 e. The van der Waals surface area contributed by atoms with Crippen LogP contribution in [-0.2, 0) is 6.18 Å². The van der Waals surface area contributed by atoms with Crippen LogP contribution >= 0.6 is 11.3 Å². The van der Waals surface area contributed by atoms with Crippen molar-refractivity contribution in [2.75, 3.05) is 6.61 Å². The van der Waals surface area contributed by atoms with E-state index in [-0.39, 0.29) is 12.0 Å². The standard InChI is InChI=1S/C20H21F3N2OS/c1-19(2,3)18(24)25-15(10-26)11-4-6-16-13(8-11)14-9-12(20(21,22)23)5-7-17(14)27-16/h4-9,15,26H,10H2,1-3H3,(H2,24,25). The number of fused-ring (bicyclic) bond motifs is 3. The fourth-order valence-electron chi connectivity index (χ4n) is 2.76. The first-order chi connectivity index (χ1) is 12.5. The molecule has 0 bridgehead atoms. The highest BCUT2D eigenvalue weighted by molar-refractivity contribution is 7.25. The Bertz CT molecular complexity index is 1020. The van der Waals surface area contributed by atoms with Crippen molar-refractivity contribution in [1.29, 1.82) is 0 Å². The molecule has 2 aromatic carbocycles. The third-order valence-corrected chi connectivity index (χ3v) is 5.59. The lowest BCUT2D eigenvalue weighted by molar-refractivity contribution is -0.137. The van der Waals surface area contributed by atoms with Gasteiger partial charge in [-0.3, -0.25) is 4.99 Å². The van der Waals surface area contributed by atoms with Crippen molar-refractivity contribution in [3.63, 3.8) is 0 Å². The molecule has 1 unspecified atom stereocenters. The monoisotopic (exact) mass is 394 g/mol. The minimum absolute atomic E-state index is 0.238. The van der Waals surface area contributed by atoms with Crippen LogP contribution in [0.4, 0.5) is 13.2 Å². The van der Waals surface area contributed by atoms with Crippen LogP contribution in [0.1, 0.15) is 37.9 Å². The molecule has 3 nitrogen and oxygen atoms in total. The highest BCUT2D eigenvalue weighted by Crippen LogP contribution is 2.39. The van der Waals surface area contributed by atoms with E-state index in [0.29, 0.717) is 16.8 Å². The average Bonchev–Trinajstić information content (AvgIpc) is 2.94. The molecule has 3 rings (SSSR count). The van der Waals surface area contributed by atoms with E-state index < -0.39 is 17.8 Å². The molecule has 7 heteroatoms. The van der Waals surface area contributed by atoms with Crippen LogP contribution in [0, 0.1) is 5.41 Å². The number of aliphatic hydroxyl groups excluding tert-OH is 1. The van der Waals surface area contributed by atoms with Gasteiger partial charge in [0.2, 0.25) is 0 Å². The van der Waals surface area contributed by atoms with Gasteiger partial charge in [-0.15, -0.1) is 11.3 Å². The highest BCUT2D eigenvalue weighted by atomic mass is 32.1. The van der Waals surface area contributed by atoms with Crippen LogP contribution in [0.2, 0.25) is 0 Å². The summed E-state index contributed by atoms with van der Waals surface area (Å²) in [7, 11) is 0. The van der Waals surface area contributed by atoms with E-state index in [0.717, 1.165) is 20.9 Å². The SMILES string of the molecule is CC(C)(C)C(N)=NC(CO)c1ccc2sc3ccc(C(F)(F)F)cc3c2c1. The normalized spacial score (nSPS) is 14.9. The molecule has 3 aromatic rings. The van der Waals surface area contributed by atoms with Crippen molar-refractivity contribution in [1.82, 2.24) is 0 Å². The molecule has 27 heavy (non-hydrogen) atoms. The Morgan fingerprint density at radius 3 is 2.22 bits per heavy atom. The number of nitrogens with two attached hydrogens (primary N) is 1. The van der Waals surface area contributed by atoms with Crippen LogP contribution in [-0.4, -0.2) is 17.5 Å². The molecule has 144 valence electrons. The number of rotatable bonds is 3. The first kappa shape index (κ1) is 19.6. The van der Waals surface area contributed by atoms with Gasteiger partial charge in [-0.05, 0) is 35.9 Å². The Balaban J connectivity index is 2.14. The van der Waals surface area contributed by atoms with Crippen molar-refractivity contribution in [3.05, 3.63) is 47.5 Å². The smallest absolute Gasteiger partial charge is 0.394 e. The van der Waals surface area contributed by atoms with Crippen LogP contribution < -0.4 is 5.73 Å². The number of thiophene rings is 1. The third kappa shape index (κ3) is 3.94. The van der Waals surface area contributed by atoms with E-state index in [1.807, 2.05) is 32.9 Å². The van der Waals surface area contributed by atoms with Gasteiger partial charge < -0.3 is 10.8 Å². The van der Waals surface area contributed by atoms with E-state index in [1.165, 1.54) is 23.5 Å². The number of hydrogen-bond donors (Lipinski definition) is 2. The maximum Gasteiger partial charge on any atom is 0.416 e. The lowest BCUT2D eigenvalue weighted by Crippen LogP contribution is -2.30. The van der Waals surface area contributed by atoms with Crippen molar-refractivity contribution >= 4 is 37.3 Å². The predicted molar refractivity (Wildman–Crippen MR) is 105 cm³/mol. The second-order valence-electron chi connectivity index (χ2n) is 7.53. The fraction of sp³-hybridized carbons (Fsp3) is 0.350. The Kier molecular flexibility index (Phi) is 4.94. The summed E-state index contributed by atoms with van der Waals surface area (Å²) in [5.74, 6) is 0.413. The molecular formula is C20H21F3N2OS. The van der Waals surface area contributed by atoms with Gasteiger partial charge in [0.25, 0.3) is 0 Å². The average molecular weight is 394 g/mol. The quantitative estimate of drug-likeness (QED) is 0.455. The summed E-state index contributed by atoms with van der Waals surface area (Å²) in [6.45, 7) is 5.54. The van der Waals surface area contributed by atoms with E-state index in [9.17, 15) is 18.3 Å². The van der Waals surface area contributed by atoms with Gasteiger partial charge in [-0.25, -0.2) is 0 Å². The summed E-state index contributed by atoms with van der Waals surface area (Å²) in [5.41, 5.74) is 5.74. The Morgan fingerprint density at radius 2 is 1.67 bits per heavy atom. The number of aliphatic imine (C=N–C) groups is 1. The summed E-state index contributed by atoms with van der Waals surface area (Å²) in [6.07, 6.45) is -4.39. The second-order valence-corrected chi connectivity index (χ2v) is 8.61. The van der Waals surface area contributed by atoms with Gasteiger partial charge in [-0.1, -0.05) is 26.8 Å². The summed E-state index contributed by atoms with van der Waals surface area (Å²) >= 11 is 1.44. The first-order valence-electron chi connectivity index (χ1n) is 8.48. The van der Waals surface area contributed by atoms with Crippen LogP contribution in [0.25, 0.3) is 20.2 Å². The number of aliphatic hydroxyl groups is 1. The Hall–Kier alpha value is -2.12. The highest BCUT2D eigenvalue weighted by Gasteiger charge is 2.30. The summed E-state index contributed by atoms with van der Waals surface area (Å²) < 4.78 is 40.9. The molecule has 0 saturated heterocycles. The van der Waals surface area contributed by atoms with Crippen molar-refractivity contribution in [2.45, 2.75) is 33.0 Å². The Morgan fingerprint density at radius 1 is 1.07 bits per heavy atom. The van der Waals surface area contributed by atoms with Crippen LogP contribution in [0.3, 0.4) is 0 Å². The summed E-state index contributed by atoms with van der Waals surface area (Å²) in [4.78, 5) is 4.43. The summed E-state index contributed by atoms with van der Waals surface area (Å²) in [6, 6.07) is 8.71. The van der Waals surface area contributed by atoms with E-state index in [4.69, 9.17) is 5.73 Å². The fourth-order valence-corrected chi connectivity index (χ4v) is 3.83. The van der Waals surface area contributed by atoms with Crippen molar-refractivity contribution in [2.24, 2.45) is 16.1 Å². The van der Waals surface area contributed by atoms with E-state index in [1.54, 1.807) is 6.07 Å². The van der Waals surface area contributed by atoms with Gasteiger partial charge >= 0.3 is 6.18 Å². The number of hydrogen-bond acceptors (Lipinski definition) is 3. The molecule has 1 aromatic heterocycles. The molecule has 0 fully saturated rings. The molecule has 1 heterocycles. The third-order valence-electron chi connectivity index (χ3n) is 4.44. The van der Waals surface area contributed by atoms with Gasteiger partial charge in [-0.2, -0.15) is 13.2 Å². The molecule has 0 aliphatic carbocycles. The number of amidine groups is 1. The number of benzene rings is 2. The minimum Gasteiger partial charge on any atom is -0.394 e. The number of halogens is 3. The molecule has 0 aliphatic heterocycles. The van der Waals surface area contributed by atoms with Crippen LogP contribution in [0.15, 0.2) is 41.4 Å². The first-order valence-corrected chi connectivity index (χ1v) is 9.30. The molecule has 1 atom stereocenters. The molecule has 0 radical (unpaired) electrons. The molecule has 3 N–H and O–H groups in total. The second kappa shape index (κ2) is 6.80. The molecular weight excluding hydrogens is 373 g/mol. The minimum atomic E-state index is -4.39. The number of nitrogens with zero attached hydrogens (tertiary/aromatic N) is 1. The van der Waals surface area contributed by atoms with Gasteiger partial charge in [0.15, 0.2) is 0 Å². The van der Waals surface area contributed by atoms with E-state index >= 15 is 0 Å². The Labute approximate surface area is 159 Å². The maximum absolute atomic E-state index is 13.1. The van der Waals surface area contributed by atoms with Crippen molar-refractivity contribution in [3.8, 4) is 0 Å². The topological polar surface area (TPSA) is 58.6 Å². The lowest BCUT2D eigenvalue weighted by atomic mass is 9.95. The zero-order valence-electron chi connectivity index (χ0n) is 15.3. The molecule has 0 amide bonds. The van der Waals surface area contributed by atoms with Crippen molar-refractivity contribution < 1.29 is 18.3 Å². The molecule has 0 aliphatic rings. The van der Waals surface area contributed by atoms with E-state index in [2.05, 4.69) is 4.99 Å². The zero-order chi connectivity index (χ0) is 20.0. The van der Waals surface area contributed by atoms with Gasteiger partial charge in [0.1, 0.15) is 0 Å². The molecule has 0 spiro atoms. The zero-order valence-corrected chi connectivity index (χ0v) is 16.1. The number of alkyl halides is 3. The molecule has 0 saturated carbocycles. The summed E-state index contributed by atoms with van der Waals surface area (Å²) in [5, 5.41) is 11.0. The van der Waals surface area contributed by atoms with Gasteiger partial charge in [0, 0.05) is 25.6 Å². The lowest BCUT2D eigenvalue weighted by Gasteiger charge is -2.20. The van der Waals surface area contributed by atoms with Crippen LogP contribution in [0.5, 0.6) is 0 Å². The predicted octanol–water partition coefficient (Wildman–Crippen LogP) is 5.51.